The minimum Gasteiger partial charge on any atom is -0.502 e. The van der Waals surface area contributed by atoms with Crippen LogP contribution < -0.4 is 28.4 Å². The summed E-state index contributed by atoms with van der Waals surface area (Å²) in [7, 11) is 6.35. The summed E-state index contributed by atoms with van der Waals surface area (Å²) in [6.45, 7) is 0. The number of benzene rings is 3. The molecule has 3 rings (SSSR count). The summed E-state index contributed by atoms with van der Waals surface area (Å²) in [6.07, 6.45) is 0. The zero-order valence-electron chi connectivity index (χ0n) is 21.3. The molecule has 37 heavy (non-hydrogen) atoms. The first-order valence-corrected chi connectivity index (χ1v) is 11.4. The third-order valence-corrected chi connectivity index (χ3v) is 4.21. The van der Waals surface area contributed by atoms with Gasteiger partial charge in [-0.15, -0.1) is 0 Å². The Labute approximate surface area is 216 Å². The highest BCUT2D eigenvalue weighted by molar-refractivity contribution is 7.38. The molecule has 3 aromatic rings. The summed E-state index contributed by atoms with van der Waals surface area (Å²) in [4.78, 5) is 21.7. The molecule has 12 nitrogen and oxygen atoms in total. The first-order valence-electron chi connectivity index (χ1n) is 10.2. The number of phenols is 3. The number of phenolic OH excluding ortho intramolecular Hbond substituents is 3. The van der Waals surface area contributed by atoms with Crippen LogP contribution in [0.5, 0.6) is 51.7 Å². The van der Waals surface area contributed by atoms with Crippen LogP contribution in [0.4, 0.5) is 0 Å². The number of hydrogen-bond donors (Lipinski definition) is 6. The van der Waals surface area contributed by atoms with E-state index in [1.165, 1.54) is 42.7 Å². The molecular weight excluding hydrogens is 511 g/mol. The van der Waals surface area contributed by atoms with Crippen LogP contribution in [-0.4, -0.2) is 72.7 Å². The summed E-state index contributed by atoms with van der Waals surface area (Å²) < 4.78 is 29.1. The summed E-state index contributed by atoms with van der Waals surface area (Å²) in [5.74, 6) is 2.64. The first kappa shape index (κ1) is 33.2. The number of aromatic hydroxyl groups is 3. The van der Waals surface area contributed by atoms with Gasteiger partial charge >= 0.3 is 8.60 Å². The Bertz CT molecular complexity index is 850. The Balaban J connectivity index is 0.000000490. The lowest BCUT2D eigenvalue weighted by molar-refractivity contribution is 0.340. The molecule has 0 aromatic heterocycles. The molecule has 0 amide bonds. The summed E-state index contributed by atoms with van der Waals surface area (Å²) in [5.41, 5.74) is 0. The van der Waals surface area contributed by atoms with Gasteiger partial charge in [-0.3, -0.25) is 0 Å². The number of hydrogen-bond acceptors (Lipinski definition) is 12. The monoisotopic (exact) mass is 544 g/mol. The summed E-state index contributed by atoms with van der Waals surface area (Å²) in [6, 6.07) is 15.2. The molecule has 3 aromatic carbocycles. The van der Waals surface area contributed by atoms with Crippen molar-refractivity contribution in [2.24, 2.45) is 0 Å². The van der Waals surface area contributed by atoms with E-state index < -0.39 is 8.60 Å². The zero-order chi connectivity index (χ0) is 28.4. The van der Waals surface area contributed by atoms with E-state index in [0.717, 1.165) is 0 Å². The Morgan fingerprint density at radius 3 is 0.649 bits per heavy atom. The van der Waals surface area contributed by atoms with Crippen LogP contribution in [0.15, 0.2) is 54.6 Å². The van der Waals surface area contributed by atoms with Crippen molar-refractivity contribution in [1.82, 2.24) is 0 Å². The number of rotatable bonds is 6. The fourth-order valence-corrected chi connectivity index (χ4v) is 2.49. The van der Waals surface area contributed by atoms with E-state index in [-0.39, 0.29) is 17.2 Å². The lowest BCUT2D eigenvalue weighted by Gasteiger charge is -2.06. The smallest absolute Gasteiger partial charge is 0.324 e. The molecule has 0 aliphatic carbocycles. The molecule has 0 fully saturated rings. The molecule has 0 unspecified atom stereocenters. The van der Waals surface area contributed by atoms with Crippen molar-refractivity contribution < 1.29 is 58.4 Å². The molecule has 0 aliphatic heterocycles. The second kappa shape index (κ2) is 18.4. The first-order chi connectivity index (χ1) is 17.6. The standard InChI is InChI=1S/3C8H10O3.H3O3P/c3*1-10-6-4-3-5-7(11-2)8(6)9;1-4(2)3/h3*3-5,9H,1-2H3;1-3H. The van der Waals surface area contributed by atoms with E-state index in [1.807, 2.05) is 0 Å². The molecule has 0 saturated heterocycles. The van der Waals surface area contributed by atoms with Gasteiger partial charge in [0.2, 0.25) is 17.2 Å². The van der Waals surface area contributed by atoms with Crippen LogP contribution in [0.3, 0.4) is 0 Å². The Morgan fingerprint density at radius 1 is 0.405 bits per heavy atom. The Kier molecular flexibility index (Phi) is 16.5. The molecule has 0 heterocycles. The van der Waals surface area contributed by atoms with Crippen molar-refractivity contribution in [3.63, 3.8) is 0 Å². The topological polar surface area (TPSA) is 177 Å². The highest BCUT2D eigenvalue weighted by Crippen LogP contribution is 2.36. The van der Waals surface area contributed by atoms with Gasteiger partial charge in [-0.1, -0.05) is 18.2 Å². The van der Waals surface area contributed by atoms with Crippen LogP contribution in [-0.2, 0) is 0 Å². The lowest BCUT2D eigenvalue weighted by Crippen LogP contribution is -1.87. The Hall–Kier alpha value is -3.83. The predicted molar refractivity (Wildman–Crippen MR) is 137 cm³/mol. The van der Waals surface area contributed by atoms with E-state index >= 15 is 0 Å². The maximum atomic E-state index is 9.34. The molecule has 6 N–H and O–H groups in total. The molecule has 0 atom stereocenters. The third-order valence-electron chi connectivity index (χ3n) is 4.21. The van der Waals surface area contributed by atoms with Crippen molar-refractivity contribution in [2.45, 2.75) is 0 Å². The van der Waals surface area contributed by atoms with Crippen LogP contribution in [0.2, 0.25) is 0 Å². The van der Waals surface area contributed by atoms with Crippen LogP contribution in [0, 0.1) is 0 Å². The van der Waals surface area contributed by atoms with E-state index in [9.17, 15) is 15.3 Å². The molecule has 0 radical (unpaired) electrons. The van der Waals surface area contributed by atoms with Gasteiger partial charge in [0.05, 0.1) is 42.7 Å². The molecule has 206 valence electrons. The van der Waals surface area contributed by atoms with Gasteiger partial charge in [0.1, 0.15) is 0 Å². The molecule has 13 heteroatoms. The average molecular weight is 544 g/mol. The normalized spacial score (nSPS) is 9.24. The van der Waals surface area contributed by atoms with Gasteiger partial charge in [0.15, 0.2) is 34.5 Å². The lowest BCUT2D eigenvalue weighted by atomic mass is 10.3. The predicted octanol–water partition coefficient (Wildman–Crippen LogP) is 3.42. The van der Waals surface area contributed by atoms with Gasteiger partial charge in [-0.2, -0.15) is 0 Å². The average Bonchev–Trinajstić information content (AvgIpc) is 2.89. The highest BCUT2D eigenvalue weighted by Gasteiger charge is 2.07. The minimum atomic E-state index is -2.62. The van der Waals surface area contributed by atoms with Crippen LogP contribution >= 0.6 is 8.60 Å². The second-order valence-corrected chi connectivity index (χ2v) is 6.84. The van der Waals surface area contributed by atoms with Gasteiger partial charge < -0.3 is 58.4 Å². The number of ether oxygens (including phenoxy) is 6. The third kappa shape index (κ3) is 11.6. The summed E-state index contributed by atoms with van der Waals surface area (Å²) in [5, 5.41) is 28.0. The minimum absolute atomic E-state index is 0.0394. The van der Waals surface area contributed by atoms with E-state index in [0.29, 0.717) is 34.5 Å². The molecule has 0 spiro atoms. The largest absolute Gasteiger partial charge is 0.502 e. The van der Waals surface area contributed by atoms with Gasteiger partial charge in [0.25, 0.3) is 0 Å². The van der Waals surface area contributed by atoms with Crippen molar-refractivity contribution in [2.75, 3.05) is 42.7 Å². The molecule has 0 saturated carbocycles. The van der Waals surface area contributed by atoms with Crippen LogP contribution in [0.1, 0.15) is 0 Å². The van der Waals surface area contributed by atoms with Crippen molar-refractivity contribution >= 4 is 8.60 Å². The second-order valence-electron chi connectivity index (χ2n) is 6.30. The molecule has 0 bridgehead atoms. The maximum absolute atomic E-state index is 9.34. The number of para-hydroxylation sites is 3. The maximum Gasteiger partial charge on any atom is 0.324 e. The van der Waals surface area contributed by atoms with Crippen molar-refractivity contribution in [1.29, 1.82) is 0 Å². The fourth-order valence-electron chi connectivity index (χ4n) is 2.49. The van der Waals surface area contributed by atoms with Gasteiger partial charge in [0, 0.05) is 0 Å². The fraction of sp³-hybridized carbons (Fsp3) is 0.250. The Morgan fingerprint density at radius 2 is 0.541 bits per heavy atom. The van der Waals surface area contributed by atoms with Crippen LogP contribution in [0.25, 0.3) is 0 Å². The van der Waals surface area contributed by atoms with Gasteiger partial charge in [-0.25, -0.2) is 0 Å². The van der Waals surface area contributed by atoms with E-state index in [1.54, 1.807) is 54.6 Å². The van der Waals surface area contributed by atoms with Crippen molar-refractivity contribution in [3.05, 3.63) is 54.6 Å². The summed E-state index contributed by atoms with van der Waals surface area (Å²) >= 11 is 0. The molecule has 0 aliphatic rings. The number of methoxy groups -OCH3 is 6. The van der Waals surface area contributed by atoms with Crippen molar-refractivity contribution in [3.8, 4) is 51.7 Å². The molecular formula is C24H33O12P. The quantitative estimate of drug-likeness (QED) is 0.250. The van der Waals surface area contributed by atoms with Gasteiger partial charge in [-0.05, 0) is 36.4 Å². The highest BCUT2D eigenvalue weighted by atomic mass is 31.2. The zero-order valence-corrected chi connectivity index (χ0v) is 22.2. The van der Waals surface area contributed by atoms with E-state index in [4.69, 9.17) is 43.1 Å². The van der Waals surface area contributed by atoms with E-state index in [2.05, 4.69) is 0 Å². The SMILES string of the molecule is COc1cccc(OC)c1O.COc1cccc(OC)c1O.COc1cccc(OC)c1O.OP(O)O.